The van der Waals surface area contributed by atoms with Gasteiger partial charge in [-0.05, 0) is 30.7 Å². The first-order chi connectivity index (χ1) is 9.08. The zero-order chi connectivity index (χ0) is 14.3. The summed E-state index contributed by atoms with van der Waals surface area (Å²) in [5.74, 6) is -0.574. The minimum atomic E-state index is -0.882. The highest BCUT2D eigenvalue weighted by molar-refractivity contribution is 5.96. The average Bonchev–Trinajstić information content (AvgIpc) is 2.42. The molecule has 0 fully saturated rings. The fourth-order valence-electron chi connectivity index (χ4n) is 1.64. The van der Waals surface area contributed by atoms with Gasteiger partial charge in [0.2, 0.25) is 0 Å². The smallest absolute Gasteiger partial charge is 0.317 e. The van der Waals surface area contributed by atoms with Gasteiger partial charge < -0.3 is 20.5 Å². The Morgan fingerprint density at radius 1 is 1.37 bits per heavy atom. The molecule has 6 heteroatoms. The number of carboxylic acid groups (broad SMARTS) is 1. The lowest BCUT2D eigenvalue weighted by Crippen LogP contribution is -2.24. The second kappa shape index (κ2) is 7.38. The van der Waals surface area contributed by atoms with Crippen LogP contribution in [0.1, 0.15) is 15.9 Å². The number of methoxy groups -OCH3 is 1. The van der Waals surface area contributed by atoms with Crippen molar-refractivity contribution in [2.75, 3.05) is 27.2 Å². The number of carbonyl (C=O) groups is 2. The fraction of sp³-hybridized carbons (Fsp3) is 0.385. The standard InChI is InChI=1S/C13H18N2O4/c1-14-13(18)10-4-3-9(7-11(10)19-2)5-6-15-8-12(16)17/h3-4,7,15H,5-6,8H2,1-2H3,(H,14,18)(H,16,17). The lowest BCUT2D eigenvalue weighted by molar-refractivity contribution is -0.135. The second-order valence-electron chi connectivity index (χ2n) is 3.93. The van der Waals surface area contributed by atoms with Crippen molar-refractivity contribution >= 4 is 11.9 Å². The molecule has 0 spiro atoms. The van der Waals surface area contributed by atoms with Gasteiger partial charge >= 0.3 is 5.97 Å². The Morgan fingerprint density at radius 2 is 2.11 bits per heavy atom. The molecule has 0 bridgehead atoms. The van der Waals surface area contributed by atoms with E-state index >= 15 is 0 Å². The number of amides is 1. The predicted octanol–water partition coefficient (Wildman–Crippen LogP) is 0.272. The average molecular weight is 266 g/mol. The zero-order valence-electron chi connectivity index (χ0n) is 11.0. The topological polar surface area (TPSA) is 87.7 Å². The van der Waals surface area contributed by atoms with E-state index in [1.54, 1.807) is 19.2 Å². The molecule has 0 aliphatic heterocycles. The van der Waals surface area contributed by atoms with Crippen LogP contribution in [-0.2, 0) is 11.2 Å². The summed E-state index contributed by atoms with van der Waals surface area (Å²) >= 11 is 0. The number of rotatable bonds is 7. The molecule has 0 aromatic heterocycles. The van der Waals surface area contributed by atoms with Gasteiger partial charge in [-0.15, -0.1) is 0 Å². The molecule has 19 heavy (non-hydrogen) atoms. The van der Waals surface area contributed by atoms with Crippen molar-refractivity contribution in [2.24, 2.45) is 0 Å². The van der Waals surface area contributed by atoms with E-state index in [2.05, 4.69) is 10.6 Å². The molecule has 1 rings (SSSR count). The third kappa shape index (κ3) is 4.59. The van der Waals surface area contributed by atoms with Crippen molar-refractivity contribution < 1.29 is 19.4 Å². The van der Waals surface area contributed by atoms with Crippen LogP contribution in [0.15, 0.2) is 18.2 Å². The summed E-state index contributed by atoms with van der Waals surface area (Å²) in [6.07, 6.45) is 0.664. The maximum absolute atomic E-state index is 11.6. The van der Waals surface area contributed by atoms with Crippen LogP contribution < -0.4 is 15.4 Å². The summed E-state index contributed by atoms with van der Waals surface area (Å²) in [6.45, 7) is 0.488. The third-order valence-corrected chi connectivity index (χ3v) is 2.60. The molecule has 6 nitrogen and oxygen atoms in total. The Kier molecular flexibility index (Phi) is 5.81. The van der Waals surface area contributed by atoms with Gasteiger partial charge in [-0.2, -0.15) is 0 Å². The molecule has 104 valence electrons. The number of carbonyl (C=O) groups excluding carboxylic acids is 1. The van der Waals surface area contributed by atoms with E-state index in [0.717, 1.165) is 5.56 Å². The molecule has 1 aromatic rings. The van der Waals surface area contributed by atoms with E-state index in [1.165, 1.54) is 7.11 Å². The highest BCUT2D eigenvalue weighted by Gasteiger charge is 2.11. The summed E-state index contributed by atoms with van der Waals surface area (Å²) < 4.78 is 5.18. The first-order valence-electron chi connectivity index (χ1n) is 5.90. The van der Waals surface area contributed by atoms with Gasteiger partial charge in [-0.1, -0.05) is 6.07 Å². The highest BCUT2D eigenvalue weighted by Crippen LogP contribution is 2.20. The minimum absolute atomic E-state index is 0.0620. The van der Waals surface area contributed by atoms with Gasteiger partial charge in [0.1, 0.15) is 5.75 Å². The number of benzene rings is 1. The maximum Gasteiger partial charge on any atom is 0.317 e. The van der Waals surface area contributed by atoms with Crippen LogP contribution in [0.25, 0.3) is 0 Å². The van der Waals surface area contributed by atoms with E-state index in [1.807, 2.05) is 6.07 Å². The van der Waals surface area contributed by atoms with Crippen LogP contribution in [0, 0.1) is 0 Å². The summed E-state index contributed by atoms with van der Waals surface area (Å²) in [5, 5.41) is 13.8. The zero-order valence-corrected chi connectivity index (χ0v) is 11.0. The van der Waals surface area contributed by atoms with Crippen molar-refractivity contribution in [3.05, 3.63) is 29.3 Å². The molecule has 0 aliphatic carbocycles. The van der Waals surface area contributed by atoms with Crippen LogP contribution in [0.3, 0.4) is 0 Å². The lowest BCUT2D eigenvalue weighted by Gasteiger charge is -2.10. The highest BCUT2D eigenvalue weighted by atomic mass is 16.5. The molecular formula is C13H18N2O4. The second-order valence-corrected chi connectivity index (χ2v) is 3.93. The quantitative estimate of drug-likeness (QED) is 0.617. The normalized spacial score (nSPS) is 10.0. The number of aliphatic carboxylic acids is 1. The Morgan fingerprint density at radius 3 is 2.68 bits per heavy atom. The van der Waals surface area contributed by atoms with E-state index in [0.29, 0.717) is 24.3 Å². The largest absolute Gasteiger partial charge is 0.496 e. The van der Waals surface area contributed by atoms with E-state index in [4.69, 9.17) is 9.84 Å². The summed E-state index contributed by atoms with van der Waals surface area (Å²) in [5.41, 5.74) is 1.45. The molecule has 0 aliphatic rings. The number of hydrogen-bond donors (Lipinski definition) is 3. The first kappa shape index (κ1) is 15.0. The van der Waals surface area contributed by atoms with Crippen molar-refractivity contribution in [1.82, 2.24) is 10.6 Å². The van der Waals surface area contributed by atoms with Crippen molar-refractivity contribution in [3.8, 4) is 5.75 Å². The van der Waals surface area contributed by atoms with Gasteiger partial charge in [-0.3, -0.25) is 9.59 Å². The van der Waals surface area contributed by atoms with Crippen LogP contribution >= 0.6 is 0 Å². The fourth-order valence-corrected chi connectivity index (χ4v) is 1.64. The SMILES string of the molecule is CNC(=O)c1ccc(CCNCC(=O)O)cc1OC. The lowest BCUT2D eigenvalue weighted by atomic mass is 10.1. The maximum atomic E-state index is 11.6. The van der Waals surface area contributed by atoms with Gasteiger partial charge in [0, 0.05) is 7.05 Å². The molecule has 1 aromatic carbocycles. The number of carboxylic acids is 1. The van der Waals surface area contributed by atoms with Crippen molar-refractivity contribution in [1.29, 1.82) is 0 Å². The van der Waals surface area contributed by atoms with Crippen LogP contribution in [0.2, 0.25) is 0 Å². The van der Waals surface area contributed by atoms with Gasteiger partial charge in [-0.25, -0.2) is 0 Å². The Bertz CT molecular complexity index is 460. The molecule has 0 saturated heterocycles. The molecule has 0 atom stereocenters. The predicted molar refractivity (Wildman–Crippen MR) is 70.6 cm³/mol. The Hall–Kier alpha value is -2.08. The molecule has 0 saturated carbocycles. The first-order valence-corrected chi connectivity index (χ1v) is 5.90. The summed E-state index contributed by atoms with van der Waals surface area (Å²) in [6, 6.07) is 5.31. The van der Waals surface area contributed by atoms with Gasteiger partial charge in [0.25, 0.3) is 5.91 Å². The van der Waals surface area contributed by atoms with E-state index in [9.17, 15) is 9.59 Å². The van der Waals surface area contributed by atoms with Crippen LogP contribution in [-0.4, -0.2) is 44.2 Å². The molecular weight excluding hydrogens is 248 g/mol. The number of ether oxygens (including phenoxy) is 1. The molecule has 0 radical (unpaired) electrons. The van der Waals surface area contributed by atoms with Crippen molar-refractivity contribution in [3.63, 3.8) is 0 Å². The number of nitrogens with one attached hydrogen (secondary N) is 2. The minimum Gasteiger partial charge on any atom is -0.496 e. The monoisotopic (exact) mass is 266 g/mol. The van der Waals surface area contributed by atoms with E-state index < -0.39 is 5.97 Å². The molecule has 1 amide bonds. The van der Waals surface area contributed by atoms with Crippen molar-refractivity contribution in [2.45, 2.75) is 6.42 Å². The summed E-state index contributed by atoms with van der Waals surface area (Å²) in [7, 11) is 3.07. The van der Waals surface area contributed by atoms with Gasteiger partial charge in [0.15, 0.2) is 0 Å². The molecule has 0 unspecified atom stereocenters. The third-order valence-electron chi connectivity index (χ3n) is 2.60. The Balaban J connectivity index is 2.66. The Labute approximate surface area is 111 Å². The molecule has 3 N–H and O–H groups in total. The summed E-state index contributed by atoms with van der Waals surface area (Å²) in [4.78, 5) is 21.9. The van der Waals surface area contributed by atoms with Crippen LogP contribution in [0.4, 0.5) is 0 Å². The van der Waals surface area contributed by atoms with Gasteiger partial charge in [0.05, 0.1) is 19.2 Å². The molecule has 0 heterocycles. The number of hydrogen-bond acceptors (Lipinski definition) is 4. The van der Waals surface area contributed by atoms with Crippen LogP contribution in [0.5, 0.6) is 5.75 Å². The van der Waals surface area contributed by atoms with E-state index in [-0.39, 0.29) is 12.5 Å².